The number of aromatic amines is 1. The number of rotatable bonds is 4. The maximum absolute atomic E-state index is 4.93. The molecular formula is C24H34N2Si. The molecule has 2 nitrogen and oxygen atoms in total. The Morgan fingerprint density at radius 1 is 0.963 bits per heavy atom. The fourth-order valence-electron chi connectivity index (χ4n) is 6.03. The van der Waals surface area contributed by atoms with Crippen LogP contribution >= 0.6 is 0 Å². The average molecular weight is 379 g/mol. The van der Waals surface area contributed by atoms with Gasteiger partial charge in [0, 0.05) is 21.7 Å². The van der Waals surface area contributed by atoms with Crippen molar-refractivity contribution in [3.63, 3.8) is 0 Å². The van der Waals surface area contributed by atoms with Gasteiger partial charge in [0.15, 0.2) is 0 Å². The Bertz CT molecular complexity index is 1010. The van der Waals surface area contributed by atoms with Crippen LogP contribution in [0.2, 0.25) is 18.1 Å². The lowest BCUT2D eigenvalue weighted by atomic mass is 9.81. The van der Waals surface area contributed by atoms with Crippen LogP contribution in [0.15, 0.2) is 24.4 Å². The molecule has 2 aromatic heterocycles. The van der Waals surface area contributed by atoms with Crippen LogP contribution in [-0.2, 0) is 10.8 Å². The van der Waals surface area contributed by atoms with Crippen molar-refractivity contribution in [2.45, 2.75) is 83.8 Å². The highest BCUT2D eigenvalue weighted by Gasteiger charge is 2.44. The van der Waals surface area contributed by atoms with E-state index >= 15 is 0 Å². The molecule has 0 aliphatic heterocycles. The zero-order valence-electron chi connectivity index (χ0n) is 18.1. The third kappa shape index (κ3) is 2.54. The maximum Gasteiger partial charge on any atom is 0.0859 e. The van der Waals surface area contributed by atoms with Crippen LogP contribution in [0, 0.1) is 0 Å². The monoisotopic (exact) mass is 378 g/mol. The molecule has 1 aliphatic rings. The highest BCUT2D eigenvalue weighted by molar-refractivity contribution is 6.91. The summed E-state index contributed by atoms with van der Waals surface area (Å²) in [6.07, 6.45) is 3.23. The number of hydrogen-bond acceptors (Lipinski definition) is 1. The summed E-state index contributed by atoms with van der Waals surface area (Å²) in [5.74, 6) is 0. The number of benzene rings is 1. The molecule has 0 fully saturated rings. The highest BCUT2D eigenvalue weighted by Crippen LogP contribution is 2.51. The molecule has 0 amide bonds. The van der Waals surface area contributed by atoms with Crippen molar-refractivity contribution in [1.82, 2.24) is 9.97 Å². The molecule has 3 aromatic rings. The molecule has 4 rings (SSSR count). The summed E-state index contributed by atoms with van der Waals surface area (Å²) >= 11 is 0. The molecular weight excluding hydrogens is 344 g/mol. The minimum atomic E-state index is -1.39. The number of nitrogens with one attached hydrogen (secondary N) is 1. The Hall–Kier alpha value is -1.61. The number of fused-ring (bicyclic) bond motifs is 5. The SMILES string of the molecule is CC[Si](CC)(CC)c1ccc2[nH]c3cnc4c(c3c2c1)C(C)(C)CC4(C)C. The van der Waals surface area contributed by atoms with Gasteiger partial charge < -0.3 is 4.98 Å². The van der Waals surface area contributed by atoms with Gasteiger partial charge in [0.1, 0.15) is 0 Å². The van der Waals surface area contributed by atoms with E-state index < -0.39 is 8.07 Å². The van der Waals surface area contributed by atoms with Gasteiger partial charge >= 0.3 is 0 Å². The summed E-state index contributed by atoms with van der Waals surface area (Å²) in [4.78, 5) is 8.59. The van der Waals surface area contributed by atoms with Crippen LogP contribution in [0.5, 0.6) is 0 Å². The van der Waals surface area contributed by atoms with E-state index in [1.165, 1.54) is 51.2 Å². The van der Waals surface area contributed by atoms with E-state index in [-0.39, 0.29) is 10.8 Å². The molecule has 1 aromatic carbocycles. The number of nitrogens with zero attached hydrogens (tertiary/aromatic N) is 1. The summed E-state index contributed by atoms with van der Waals surface area (Å²) in [5.41, 5.74) is 5.54. The lowest BCUT2D eigenvalue weighted by Crippen LogP contribution is -2.45. The molecule has 0 radical (unpaired) electrons. The Morgan fingerprint density at radius 3 is 2.26 bits per heavy atom. The van der Waals surface area contributed by atoms with Crippen LogP contribution in [0.1, 0.15) is 66.1 Å². The molecule has 2 heterocycles. The molecule has 144 valence electrons. The smallest absolute Gasteiger partial charge is 0.0859 e. The fourth-order valence-corrected chi connectivity index (χ4v) is 9.64. The van der Waals surface area contributed by atoms with Gasteiger partial charge in [0.2, 0.25) is 0 Å². The maximum atomic E-state index is 4.93. The molecule has 0 saturated carbocycles. The first kappa shape index (κ1) is 18.7. The number of hydrogen-bond donors (Lipinski definition) is 1. The van der Waals surface area contributed by atoms with Crippen LogP contribution in [-0.4, -0.2) is 18.0 Å². The van der Waals surface area contributed by atoms with Gasteiger partial charge in [-0.1, -0.05) is 83.9 Å². The Kier molecular flexibility index (Phi) is 4.12. The van der Waals surface area contributed by atoms with Gasteiger partial charge in [-0.25, -0.2) is 0 Å². The van der Waals surface area contributed by atoms with E-state index in [0.29, 0.717) is 0 Å². The standard InChI is InChI=1S/C24H34N2Si/c1-8-27(9-2,10-3)16-11-12-18-17(13-16)20-19(26-18)14-25-22-21(20)23(4,5)15-24(22,6)7/h11-14,26H,8-10,15H2,1-7H3. The van der Waals surface area contributed by atoms with E-state index in [9.17, 15) is 0 Å². The lowest BCUT2D eigenvalue weighted by Gasteiger charge is -2.28. The number of aromatic nitrogens is 2. The Morgan fingerprint density at radius 2 is 1.63 bits per heavy atom. The van der Waals surface area contributed by atoms with Gasteiger partial charge in [0.05, 0.1) is 25.5 Å². The summed E-state index contributed by atoms with van der Waals surface area (Å²) < 4.78 is 0. The molecule has 0 bridgehead atoms. The van der Waals surface area contributed by atoms with E-state index in [4.69, 9.17) is 4.98 Å². The van der Waals surface area contributed by atoms with Crippen molar-refractivity contribution >= 4 is 35.1 Å². The normalized spacial score (nSPS) is 18.3. The largest absolute Gasteiger partial charge is 0.353 e. The molecule has 0 spiro atoms. The van der Waals surface area contributed by atoms with Crippen molar-refractivity contribution in [3.05, 3.63) is 35.7 Å². The van der Waals surface area contributed by atoms with E-state index in [0.717, 1.165) is 6.42 Å². The predicted molar refractivity (Wildman–Crippen MR) is 121 cm³/mol. The Labute approximate surface area is 164 Å². The van der Waals surface area contributed by atoms with Gasteiger partial charge in [-0.2, -0.15) is 0 Å². The third-order valence-corrected chi connectivity index (χ3v) is 13.1. The zero-order valence-corrected chi connectivity index (χ0v) is 19.1. The first-order chi connectivity index (χ1) is 12.7. The minimum Gasteiger partial charge on any atom is -0.353 e. The molecule has 1 aliphatic carbocycles. The van der Waals surface area contributed by atoms with Crippen LogP contribution < -0.4 is 5.19 Å². The molecule has 3 heteroatoms. The molecule has 1 N–H and O–H groups in total. The first-order valence-electron chi connectivity index (χ1n) is 10.6. The van der Waals surface area contributed by atoms with E-state index in [1.807, 2.05) is 0 Å². The van der Waals surface area contributed by atoms with Crippen molar-refractivity contribution in [1.29, 1.82) is 0 Å². The molecule has 0 atom stereocenters. The summed E-state index contributed by atoms with van der Waals surface area (Å²) in [6.45, 7) is 16.7. The number of pyridine rings is 1. The number of H-pyrrole nitrogens is 1. The van der Waals surface area contributed by atoms with Crippen molar-refractivity contribution in [2.75, 3.05) is 0 Å². The molecule has 0 saturated heterocycles. The fraction of sp³-hybridized carbons (Fsp3) is 0.542. The molecule has 0 unspecified atom stereocenters. The third-order valence-electron chi connectivity index (χ3n) is 7.48. The topological polar surface area (TPSA) is 28.7 Å². The van der Waals surface area contributed by atoms with Gasteiger partial charge in [-0.15, -0.1) is 0 Å². The van der Waals surface area contributed by atoms with Crippen molar-refractivity contribution in [3.8, 4) is 0 Å². The van der Waals surface area contributed by atoms with Gasteiger partial charge in [-0.3, -0.25) is 4.98 Å². The predicted octanol–water partition coefficient (Wildman–Crippen LogP) is 6.39. The molecule has 27 heavy (non-hydrogen) atoms. The summed E-state index contributed by atoms with van der Waals surface area (Å²) in [7, 11) is -1.39. The lowest BCUT2D eigenvalue weighted by molar-refractivity contribution is 0.400. The average Bonchev–Trinajstić information content (AvgIpc) is 3.08. The second-order valence-electron chi connectivity index (χ2n) is 9.94. The van der Waals surface area contributed by atoms with Crippen LogP contribution in [0.25, 0.3) is 21.8 Å². The van der Waals surface area contributed by atoms with Crippen molar-refractivity contribution < 1.29 is 0 Å². The second-order valence-corrected chi connectivity index (χ2v) is 15.2. The quantitative estimate of drug-likeness (QED) is 0.523. The van der Waals surface area contributed by atoms with E-state index in [1.54, 1.807) is 5.19 Å². The summed E-state index contributed by atoms with van der Waals surface area (Å²) in [5, 5.41) is 4.47. The second kappa shape index (κ2) is 5.94. The minimum absolute atomic E-state index is 0.142. The van der Waals surface area contributed by atoms with Crippen LogP contribution in [0.3, 0.4) is 0 Å². The first-order valence-corrected chi connectivity index (χ1v) is 13.3. The van der Waals surface area contributed by atoms with E-state index in [2.05, 4.69) is 77.8 Å². The zero-order chi connectivity index (χ0) is 19.6. The Balaban J connectivity index is 2.08. The van der Waals surface area contributed by atoms with Gasteiger partial charge in [0.25, 0.3) is 0 Å². The van der Waals surface area contributed by atoms with Crippen LogP contribution in [0.4, 0.5) is 0 Å². The van der Waals surface area contributed by atoms with Crippen molar-refractivity contribution in [2.24, 2.45) is 0 Å². The highest BCUT2D eigenvalue weighted by atomic mass is 28.3. The summed E-state index contributed by atoms with van der Waals surface area (Å²) in [6, 6.07) is 11.2. The van der Waals surface area contributed by atoms with Gasteiger partial charge in [-0.05, 0) is 23.5 Å².